The van der Waals surface area contributed by atoms with E-state index in [1.165, 1.54) is 19.2 Å². The minimum Gasteiger partial charge on any atom is -0.359 e. The molecule has 2 rings (SSSR count). The first-order valence-corrected chi connectivity index (χ1v) is 6.86. The Hall–Kier alpha value is -2.01. The third-order valence-electron chi connectivity index (χ3n) is 3.22. The van der Waals surface area contributed by atoms with Crippen LogP contribution in [0.25, 0.3) is 11.1 Å². The molecule has 0 aliphatic rings. The van der Waals surface area contributed by atoms with Crippen molar-refractivity contribution in [2.45, 2.75) is 12.6 Å². The Morgan fingerprint density at radius 3 is 2.45 bits per heavy atom. The molecule has 0 unspecified atom stereocenters. The zero-order valence-electron chi connectivity index (χ0n) is 11.7. The van der Waals surface area contributed by atoms with Crippen LogP contribution in [-0.2, 0) is 17.4 Å². The summed E-state index contributed by atoms with van der Waals surface area (Å²) in [7, 11) is 1.48. The quantitative estimate of drug-likeness (QED) is 0.894. The van der Waals surface area contributed by atoms with Gasteiger partial charge >= 0.3 is 6.18 Å². The van der Waals surface area contributed by atoms with Gasteiger partial charge in [0.15, 0.2) is 0 Å². The van der Waals surface area contributed by atoms with E-state index in [4.69, 9.17) is 11.6 Å². The highest BCUT2D eigenvalue weighted by Crippen LogP contribution is 2.39. The van der Waals surface area contributed by atoms with Gasteiger partial charge < -0.3 is 5.32 Å². The second kappa shape index (κ2) is 6.40. The Kier molecular flexibility index (Phi) is 4.76. The van der Waals surface area contributed by atoms with Gasteiger partial charge in [-0.3, -0.25) is 4.79 Å². The number of rotatable bonds is 3. The van der Waals surface area contributed by atoms with E-state index in [9.17, 15) is 18.0 Å². The molecule has 0 aliphatic carbocycles. The lowest BCUT2D eigenvalue weighted by atomic mass is 9.93. The Morgan fingerprint density at radius 1 is 1.14 bits per heavy atom. The molecule has 0 atom stereocenters. The van der Waals surface area contributed by atoms with Crippen LogP contribution in [0.5, 0.6) is 0 Å². The monoisotopic (exact) mass is 327 g/mol. The molecule has 0 aliphatic heterocycles. The van der Waals surface area contributed by atoms with E-state index in [0.717, 1.165) is 6.07 Å². The lowest BCUT2D eigenvalue weighted by Gasteiger charge is -2.16. The van der Waals surface area contributed by atoms with Crippen molar-refractivity contribution < 1.29 is 18.0 Å². The van der Waals surface area contributed by atoms with Crippen LogP contribution in [0.3, 0.4) is 0 Å². The molecular weight excluding hydrogens is 315 g/mol. The first-order chi connectivity index (χ1) is 10.3. The van der Waals surface area contributed by atoms with Crippen molar-refractivity contribution in [1.29, 1.82) is 0 Å². The summed E-state index contributed by atoms with van der Waals surface area (Å²) < 4.78 is 39.7. The highest BCUT2D eigenvalue weighted by molar-refractivity contribution is 6.30. The third kappa shape index (κ3) is 3.60. The molecule has 0 saturated carbocycles. The van der Waals surface area contributed by atoms with Crippen molar-refractivity contribution in [2.75, 3.05) is 7.05 Å². The van der Waals surface area contributed by atoms with Crippen molar-refractivity contribution in [2.24, 2.45) is 0 Å². The molecule has 1 amide bonds. The Labute approximate surface area is 130 Å². The van der Waals surface area contributed by atoms with Gasteiger partial charge in [0.1, 0.15) is 0 Å². The SMILES string of the molecule is CNC(=O)Cc1ccccc1-c1ccc(Cl)cc1C(F)(F)F. The van der Waals surface area contributed by atoms with Crippen LogP contribution < -0.4 is 5.32 Å². The predicted molar refractivity (Wildman–Crippen MR) is 79.7 cm³/mol. The molecule has 2 aromatic carbocycles. The van der Waals surface area contributed by atoms with Gasteiger partial charge in [0, 0.05) is 12.1 Å². The minimum atomic E-state index is -4.53. The van der Waals surface area contributed by atoms with Crippen molar-refractivity contribution in [1.82, 2.24) is 5.32 Å². The van der Waals surface area contributed by atoms with Gasteiger partial charge in [0.05, 0.1) is 12.0 Å². The summed E-state index contributed by atoms with van der Waals surface area (Å²) in [6.07, 6.45) is -4.52. The van der Waals surface area contributed by atoms with Crippen LogP contribution in [0.2, 0.25) is 5.02 Å². The van der Waals surface area contributed by atoms with Crippen molar-refractivity contribution in [3.05, 3.63) is 58.6 Å². The van der Waals surface area contributed by atoms with E-state index in [0.29, 0.717) is 11.1 Å². The number of halogens is 4. The summed E-state index contributed by atoms with van der Waals surface area (Å²) in [5, 5.41) is 2.48. The van der Waals surface area contributed by atoms with Gasteiger partial charge in [-0.1, -0.05) is 41.9 Å². The lowest BCUT2D eigenvalue weighted by Crippen LogP contribution is -2.20. The van der Waals surface area contributed by atoms with Crippen LogP contribution in [0, 0.1) is 0 Å². The van der Waals surface area contributed by atoms with Gasteiger partial charge in [-0.15, -0.1) is 0 Å². The molecule has 0 aromatic heterocycles. The molecule has 0 saturated heterocycles. The second-order valence-corrected chi connectivity index (χ2v) is 5.13. The first-order valence-electron chi connectivity index (χ1n) is 6.48. The van der Waals surface area contributed by atoms with Crippen molar-refractivity contribution in [3.8, 4) is 11.1 Å². The number of nitrogens with one attached hydrogen (secondary N) is 1. The maximum Gasteiger partial charge on any atom is 0.417 e. The number of hydrogen-bond acceptors (Lipinski definition) is 1. The smallest absolute Gasteiger partial charge is 0.359 e. The molecule has 116 valence electrons. The number of amides is 1. The van der Waals surface area contributed by atoms with Crippen LogP contribution in [0.4, 0.5) is 13.2 Å². The van der Waals surface area contributed by atoms with Crippen LogP contribution >= 0.6 is 11.6 Å². The molecule has 0 spiro atoms. The van der Waals surface area contributed by atoms with Crippen LogP contribution in [0.1, 0.15) is 11.1 Å². The second-order valence-electron chi connectivity index (χ2n) is 4.69. The van der Waals surface area contributed by atoms with Crippen LogP contribution in [-0.4, -0.2) is 13.0 Å². The number of benzene rings is 2. The van der Waals surface area contributed by atoms with Gasteiger partial charge in [-0.2, -0.15) is 13.2 Å². The molecule has 0 fully saturated rings. The summed E-state index contributed by atoms with van der Waals surface area (Å²) in [4.78, 5) is 11.5. The fourth-order valence-corrected chi connectivity index (χ4v) is 2.36. The minimum absolute atomic E-state index is 0.00654. The molecule has 2 aromatic rings. The predicted octanol–water partition coefficient (Wildman–Crippen LogP) is 4.31. The zero-order chi connectivity index (χ0) is 16.3. The summed E-state index contributed by atoms with van der Waals surface area (Å²) in [5.74, 6) is -0.269. The number of alkyl halides is 3. The number of hydrogen-bond donors (Lipinski definition) is 1. The van der Waals surface area contributed by atoms with E-state index < -0.39 is 11.7 Å². The first kappa shape index (κ1) is 16.4. The molecular formula is C16H13ClF3NO. The standard InChI is InChI=1S/C16H13ClF3NO/c1-21-15(22)8-10-4-2-3-5-12(10)13-7-6-11(17)9-14(13)16(18,19)20/h2-7,9H,8H2,1H3,(H,21,22). The van der Waals surface area contributed by atoms with Gasteiger partial charge in [0.2, 0.25) is 5.91 Å². The molecule has 22 heavy (non-hydrogen) atoms. The maximum absolute atomic E-state index is 13.2. The van der Waals surface area contributed by atoms with Crippen molar-refractivity contribution in [3.63, 3.8) is 0 Å². The lowest BCUT2D eigenvalue weighted by molar-refractivity contribution is -0.137. The Balaban J connectivity index is 2.60. The number of likely N-dealkylation sites (N-methyl/N-ethyl adjacent to an activating group) is 1. The molecule has 2 nitrogen and oxygen atoms in total. The zero-order valence-corrected chi connectivity index (χ0v) is 12.4. The van der Waals surface area contributed by atoms with E-state index in [2.05, 4.69) is 5.32 Å². The fourth-order valence-electron chi connectivity index (χ4n) is 2.18. The maximum atomic E-state index is 13.2. The molecule has 6 heteroatoms. The normalized spacial score (nSPS) is 11.3. The fraction of sp³-hybridized carbons (Fsp3) is 0.188. The topological polar surface area (TPSA) is 29.1 Å². The average Bonchev–Trinajstić information content (AvgIpc) is 2.47. The molecule has 0 bridgehead atoms. The number of carbonyl (C=O) groups excluding carboxylic acids is 1. The van der Waals surface area contributed by atoms with Gasteiger partial charge in [-0.25, -0.2) is 0 Å². The van der Waals surface area contributed by atoms with Gasteiger partial charge in [0.25, 0.3) is 0 Å². The average molecular weight is 328 g/mol. The molecule has 0 heterocycles. The van der Waals surface area contributed by atoms with E-state index >= 15 is 0 Å². The molecule has 1 N–H and O–H groups in total. The third-order valence-corrected chi connectivity index (χ3v) is 3.46. The van der Waals surface area contributed by atoms with Crippen LogP contribution in [0.15, 0.2) is 42.5 Å². The molecule has 0 radical (unpaired) electrons. The van der Waals surface area contributed by atoms with E-state index in [-0.39, 0.29) is 22.9 Å². The highest BCUT2D eigenvalue weighted by atomic mass is 35.5. The highest BCUT2D eigenvalue weighted by Gasteiger charge is 2.34. The van der Waals surface area contributed by atoms with Gasteiger partial charge in [-0.05, 0) is 28.8 Å². The van der Waals surface area contributed by atoms with E-state index in [1.54, 1.807) is 24.3 Å². The summed E-state index contributed by atoms with van der Waals surface area (Å²) in [6.45, 7) is 0. The summed E-state index contributed by atoms with van der Waals surface area (Å²) in [5.41, 5.74) is 0.0884. The largest absolute Gasteiger partial charge is 0.417 e. The Morgan fingerprint density at radius 2 is 1.82 bits per heavy atom. The summed E-state index contributed by atoms with van der Waals surface area (Å²) in [6, 6.07) is 10.2. The Bertz CT molecular complexity index is 698. The summed E-state index contributed by atoms with van der Waals surface area (Å²) >= 11 is 5.69. The number of carbonyl (C=O) groups is 1. The van der Waals surface area contributed by atoms with Crippen molar-refractivity contribution >= 4 is 17.5 Å². The van der Waals surface area contributed by atoms with E-state index in [1.807, 2.05) is 0 Å².